The maximum absolute atomic E-state index is 13.1. The van der Waals surface area contributed by atoms with Crippen LogP contribution in [-0.4, -0.2) is 15.9 Å². The van der Waals surface area contributed by atoms with Crippen molar-refractivity contribution >= 4 is 16.8 Å². The molecule has 4 rings (SSSR count). The molecule has 0 saturated carbocycles. The van der Waals surface area contributed by atoms with Crippen LogP contribution in [0.25, 0.3) is 22.2 Å². The van der Waals surface area contributed by atoms with Crippen LogP contribution in [0.3, 0.4) is 0 Å². The van der Waals surface area contributed by atoms with Crippen molar-refractivity contribution in [2.75, 3.05) is 0 Å². The van der Waals surface area contributed by atoms with Gasteiger partial charge in [0.25, 0.3) is 5.91 Å². The molecule has 30 heavy (non-hydrogen) atoms. The Morgan fingerprint density at radius 1 is 0.933 bits per heavy atom. The predicted molar refractivity (Wildman–Crippen MR) is 108 cm³/mol. The number of nitrogens with zero attached hydrogens (tertiary/aromatic N) is 2. The highest BCUT2D eigenvalue weighted by molar-refractivity contribution is 6.05. The number of pyridine rings is 2. The van der Waals surface area contributed by atoms with E-state index in [1.54, 1.807) is 60.9 Å². The third-order valence-corrected chi connectivity index (χ3v) is 4.65. The zero-order valence-electron chi connectivity index (χ0n) is 15.6. The summed E-state index contributed by atoms with van der Waals surface area (Å²) in [6.45, 7) is 0.324. The van der Waals surface area contributed by atoms with E-state index < -0.39 is 11.7 Å². The second-order valence-electron chi connectivity index (χ2n) is 6.69. The van der Waals surface area contributed by atoms with Gasteiger partial charge in [0.15, 0.2) is 0 Å². The predicted octanol–water partition coefficient (Wildman–Crippen LogP) is 5.25. The number of nitrogens with one attached hydrogen (secondary N) is 1. The summed E-state index contributed by atoms with van der Waals surface area (Å²) in [5.41, 5.74) is 1.64. The van der Waals surface area contributed by atoms with Crippen molar-refractivity contribution < 1.29 is 18.0 Å². The van der Waals surface area contributed by atoms with Crippen LogP contribution in [0.15, 0.2) is 79.1 Å². The number of carbonyl (C=O) groups excluding carboxylic acids is 1. The number of para-hydroxylation sites is 1. The minimum atomic E-state index is -4.44. The molecule has 1 N–H and O–H groups in total. The number of halogens is 3. The molecule has 2 heterocycles. The standard InChI is InChI=1S/C23H16F3N3O/c24-23(25,26)18-5-1-4-17(13-18)20-8-7-16-3-2-6-19(21(16)29-20)22(30)28-14-15-9-11-27-12-10-15/h1-13H,14H2,(H,28,30). The number of carbonyl (C=O) groups is 1. The molecular weight excluding hydrogens is 391 g/mol. The molecule has 150 valence electrons. The Morgan fingerprint density at radius 2 is 1.70 bits per heavy atom. The van der Waals surface area contributed by atoms with Crippen LogP contribution in [0.1, 0.15) is 21.5 Å². The van der Waals surface area contributed by atoms with Gasteiger partial charge in [-0.05, 0) is 42.0 Å². The maximum Gasteiger partial charge on any atom is 0.416 e. The summed E-state index contributed by atoms with van der Waals surface area (Å²) in [6, 6.07) is 17.2. The second kappa shape index (κ2) is 7.94. The van der Waals surface area contributed by atoms with Gasteiger partial charge >= 0.3 is 6.18 Å². The molecule has 4 aromatic rings. The minimum Gasteiger partial charge on any atom is -0.348 e. The molecule has 0 saturated heterocycles. The van der Waals surface area contributed by atoms with Gasteiger partial charge in [0, 0.05) is 29.9 Å². The van der Waals surface area contributed by atoms with Gasteiger partial charge in [-0.1, -0.05) is 30.3 Å². The Morgan fingerprint density at radius 3 is 2.47 bits per heavy atom. The fourth-order valence-electron chi connectivity index (χ4n) is 3.12. The quantitative estimate of drug-likeness (QED) is 0.503. The molecule has 0 atom stereocenters. The highest BCUT2D eigenvalue weighted by Crippen LogP contribution is 2.32. The first-order valence-corrected chi connectivity index (χ1v) is 9.16. The monoisotopic (exact) mass is 407 g/mol. The van der Waals surface area contributed by atoms with E-state index in [1.165, 1.54) is 6.07 Å². The third kappa shape index (κ3) is 4.15. The van der Waals surface area contributed by atoms with Crippen molar-refractivity contribution in [2.24, 2.45) is 0 Å². The van der Waals surface area contributed by atoms with E-state index in [2.05, 4.69) is 15.3 Å². The van der Waals surface area contributed by atoms with E-state index in [9.17, 15) is 18.0 Å². The summed E-state index contributed by atoms with van der Waals surface area (Å²) < 4.78 is 39.2. The molecular formula is C23H16F3N3O. The molecule has 7 heteroatoms. The summed E-state index contributed by atoms with van der Waals surface area (Å²) in [4.78, 5) is 21.2. The van der Waals surface area contributed by atoms with Crippen LogP contribution in [0.2, 0.25) is 0 Å². The lowest BCUT2D eigenvalue weighted by molar-refractivity contribution is -0.137. The van der Waals surface area contributed by atoms with Gasteiger partial charge in [-0.3, -0.25) is 9.78 Å². The molecule has 4 nitrogen and oxygen atoms in total. The lowest BCUT2D eigenvalue weighted by Gasteiger charge is -2.11. The molecule has 0 unspecified atom stereocenters. The van der Waals surface area contributed by atoms with Crippen LogP contribution in [0.5, 0.6) is 0 Å². The van der Waals surface area contributed by atoms with E-state index in [0.29, 0.717) is 28.9 Å². The average molecular weight is 407 g/mol. The van der Waals surface area contributed by atoms with Gasteiger partial charge in [-0.15, -0.1) is 0 Å². The van der Waals surface area contributed by atoms with Crippen molar-refractivity contribution in [1.82, 2.24) is 15.3 Å². The molecule has 0 radical (unpaired) electrons. The lowest BCUT2D eigenvalue weighted by Crippen LogP contribution is -2.23. The molecule has 2 aromatic heterocycles. The Balaban J connectivity index is 1.68. The second-order valence-corrected chi connectivity index (χ2v) is 6.69. The van der Waals surface area contributed by atoms with Crippen LogP contribution in [0.4, 0.5) is 13.2 Å². The van der Waals surface area contributed by atoms with Gasteiger partial charge in [0.2, 0.25) is 0 Å². The first-order valence-electron chi connectivity index (χ1n) is 9.16. The highest BCUT2D eigenvalue weighted by Gasteiger charge is 2.30. The first kappa shape index (κ1) is 19.6. The number of fused-ring (bicyclic) bond motifs is 1. The van der Waals surface area contributed by atoms with Crippen molar-refractivity contribution in [2.45, 2.75) is 12.7 Å². The van der Waals surface area contributed by atoms with E-state index >= 15 is 0 Å². The van der Waals surface area contributed by atoms with Crippen LogP contribution in [0, 0.1) is 0 Å². The van der Waals surface area contributed by atoms with Crippen LogP contribution in [-0.2, 0) is 12.7 Å². The van der Waals surface area contributed by atoms with Crippen molar-refractivity contribution in [3.8, 4) is 11.3 Å². The molecule has 2 aromatic carbocycles. The van der Waals surface area contributed by atoms with E-state index in [4.69, 9.17) is 0 Å². The van der Waals surface area contributed by atoms with Crippen molar-refractivity contribution in [3.63, 3.8) is 0 Å². The zero-order chi connectivity index (χ0) is 21.1. The lowest BCUT2D eigenvalue weighted by atomic mass is 10.0. The Hall–Kier alpha value is -3.74. The highest BCUT2D eigenvalue weighted by atomic mass is 19.4. The summed E-state index contributed by atoms with van der Waals surface area (Å²) in [7, 11) is 0. The van der Waals surface area contributed by atoms with Gasteiger partial charge < -0.3 is 5.32 Å². The van der Waals surface area contributed by atoms with Gasteiger partial charge in [0.05, 0.1) is 22.3 Å². The summed E-state index contributed by atoms with van der Waals surface area (Å²) in [5.74, 6) is -0.314. The van der Waals surface area contributed by atoms with Crippen LogP contribution >= 0.6 is 0 Å². The largest absolute Gasteiger partial charge is 0.416 e. The SMILES string of the molecule is O=C(NCc1ccncc1)c1cccc2ccc(-c3cccc(C(F)(F)F)c3)nc12. The van der Waals surface area contributed by atoms with Gasteiger partial charge in [-0.2, -0.15) is 13.2 Å². The number of alkyl halides is 3. The first-order chi connectivity index (χ1) is 14.4. The average Bonchev–Trinajstić information content (AvgIpc) is 2.77. The minimum absolute atomic E-state index is 0.314. The fourth-order valence-corrected chi connectivity index (χ4v) is 3.12. The maximum atomic E-state index is 13.1. The van der Waals surface area contributed by atoms with Crippen molar-refractivity contribution in [3.05, 3.63) is 95.8 Å². The molecule has 0 fully saturated rings. The Kier molecular flexibility index (Phi) is 5.18. The molecule has 0 bridgehead atoms. The van der Waals surface area contributed by atoms with Gasteiger partial charge in [0.1, 0.15) is 0 Å². The summed E-state index contributed by atoms with van der Waals surface area (Å²) in [5, 5.41) is 3.56. The van der Waals surface area contributed by atoms with E-state index in [0.717, 1.165) is 23.1 Å². The Bertz CT molecular complexity index is 1210. The van der Waals surface area contributed by atoms with Crippen molar-refractivity contribution in [1.29, 1.82) is 0 Å². The van der Waals surface area contributed by atoms with E-state index in [1.807, 2.05) is 0 Å². The normalized spacial score (nSPS) is 11.4. The molecule has 0 spiro atoms. The van der Waals surface area contributed by atoms with E-state index in [-0.39, 0.29) is 5.91 Å². The fraction of sp³-hybridized carbons (Fsp3) is 0.0870. The number of hydrogen-bond acceptors (Lipinski definition) is 3. The molecule has 0 aliphatic rings. The number of aromatic nitrogens is 2. The Labute approximate surface area is 170 Å². The number of hydrogen-bond donors (Lipinski definition) is 1. The summed E-state index contributed by atoms with van der Waals surface area (Å²) >= 11 is 0. The number of amides is 1. The zero-order valence-corrected chi connectivity index (χ0v) is 15.6. The molecule has 1 amide bonds. The van der Waals surface area contributed by atoms with Gasteiger partial charge in [-0.25, -0.2) is 4.98 Å². The summed E-state index contributed by atoms with van der Waals surface area (Å²) in [6.07, 6.45) is -1.16. The topological polar surface area (TPSA) is 54.9 Å². The molecule has 0 aliphatic carbocycles. The molecule has 0 aliphatic heterocycles. The van der Waals surface area contributed by atoms with Crippen LogP contribution < -0.4 is 5.32 Å². The number of rotatable bonds is 4. The number of benzene rings is 2. The smallest absolute Gasteiger partial charge is 0.348 e. The third-order valence-electron chi connectivity index (χ3n) is 4.65.